The van der Waals surface area contributed by atoms with Gasteiger partial charge in [-0.05, 0) is 19.8 Å². The number of carboxylic acids is 1. The maximum Gasteiger partial charge on any atom is 0.313 e. The lowest BCUT2D eigenvalue weighted by atomic mass is 9.85. The van der Waals surface area contributed by atoms with Crippen molar-refractivity contribution in [1.82, 2.24) is 9.97 Å². The van der Waals surface area contributed by atoms with Gasteiger partial charge in [0, 0.05) is 31.4 Å². The minimum absolute atomic E-state index is 0.554. The summed E-state index contributed by atoms with van der Waals surface area (Å²) in [5.74, 6) is 0.935. The Kier molecular flexibility index (Phi) is 6.58. The minimum Gasteiger partial charge on any atom is -0.481 e. The van der Waals surface area contributed by atoms with E-state index in [0.29, 0.717) is 49.6 Å². The van der Waals surface area contributed by atoms with E-state index in [2.05, 4.69) is 34.0 Å². The van der Waals surface area contributed by atoms with E-state index >= 15 is 0 Å². The molecule has 140 valence electrons. The third kappa shape index (κ3) is 4.60. The maximum atomic E-state index is 11.7. The van der Waals surface area contributed by atoms with Gasteiger partial charge in [0.1, 0.15) is 5.82 Å². The van der Waals surface area contributed by atoms with Crippen molar-refractivity contribution in [2.24, 2.45) is 5.92 Å². The van der Waals surface area contributed by atoms with Gasteiger partial charge in [0.25, 0.3) is 0 Å². The molecule has 0 amide bonds. The Morgan fingerprint density at radius 1 is 1.36 bits per heavy atom. The van der Waals surface area contributed by atoms with Crippen molar-refractivity contribution in [1.29, 1.82) is 0 Å². The molecule has 0 aliphatic carbocycles. The fraction of sp³-hybridized carbons (Fsp3) is 0.722. The predicted octanol–water partition coefficient (Wildman–Crippen LogP) is 2.52. The number of aliphatic carboxylic acids is 1. The monoisotopic (exact) mass is 350 g/mol. The molecule has 0 atom stereocenters. The predicted molar refractivity (Wildman–Crippen MR) is 98.3 cm³/mol. The highest BCUT2D eigenvalue weighted by Crippen LogP contribution is 2.32. The zero-order valence-corrected chi connectivity index (χ0v) is 15.7. The lowest BCUT2D eigenvalue weighted by Crippen LogP contribution is -2.40. The number of anilines is 2. The van der Waals surface area contributed by atoms with Gasteiger partial charge in [0.05, 0.1) is 18.6 Å². The van der Waals surface area contributed by atoms with Crippen LogP contribution in [0.15, 0.2) is 6.20 Å². The topological polar surface area (TPSA) is 87.6 Å². The van der Waals surface area contributed by atoms with E-state index in [4.69, 9.17) is 4.74 Å². The van der Waals surface area contributed by atoms with Crippen molar-refractivity contribution >= 4 is 17.7 Å². The van der Waals surface area contributed by atoms with E-state index < -0.39 is 11.4 Å². The van der Waals surface area contributed by atoms with Crippen LogP contribution in [0.3, 0.4) is 0 Å². The van der Waals surface area contributed by atoms with Gasteiger partial charge in [-0.1, -0.05) is 26.7 Å². The summed E-state index contributed by atoms with van der Waals surface area (Å²) >= 11 is 0. The number of nitrogens with one attached hydrogen (secondary N) is 1. The van der Waals surface area contributed by atoms with Crippen LogP contribution in [0.5, 0.6) is 0 Å². The lowest BCUT2D eigenvalue weighted by molar-refractivity contribution is -0.142. The number of rotatable bonds is 8. The summed E-state index contributed by atoms with van der Waals surface area (Å²) in [6.45, 7) is 11.2. The van der Waals surface area contributed by atoms with Gasteiger partial charge in [0.2, 0.25) is 5.95 Å². The minimum atomic E-state index is -1.05. The van der Waals surface area contributed by atoms with Gasteiger partial charge in [-0.3, -0.25) is 4.79 Å². The first-order valence-electron chi connectivity index (χ1n) is 9.07. The second-order valence-corrected chi connectivity index (χ2v) is 7.02. The molecule has 0 radical (unpaired) electrons. The molecule has 2 heterocycles. The molecule has 0 spiro atoms. The molecule has 0 unspecified atom stereocenters. The van der Waals surface area contributed by atoms with E-state index in [9.17, 15) is 9.90 Å². The largest absolute Gasteiger partial charge is 0.481 e. The molecule has 1 aromatic heterocycles. The van der Waals surface area contributed by atoms with Crippen LogP contribution in [-0.2, 0) is 14.9 Å². The summed E-state index contributed by atoms with van der Waals surface area (Å²) in [7, 11) is 0. The van der Waals surface area contributed by atoms with Crippen molar-refractivity contribution in [2.45, 2.75) is 46.0 Å². The number of aromatic nitrogens is 2. The number of morpholine rings is 1. The SMILES string of the molecule is CCC(CC)CNc1ncc(C(C)(C)C(=O)O)c(N2CCOCC2)n1. The highest BCUT2D eigenvalue weighted by molar-refractivity contribution is 5.82. The second-order valence-electron chi connectivity index (χ2n) is 7.02. The maximum absolute atomic E-state index is 11.7. The molecule has 0 saturated carbocycles. The van der Waals surface area contributed by atoms with Crippen LogP contribution in [0.25, 0.3) is 0 Å². The molecular weight excluding hydrogens is 320 g/mol. The first kappa shape index (κ1) is 19.4. The Hall–Kier alpha value is -1.89. The molecule has 7 heteroatoms. The van der Waals surface area contributed by atoms with Crippen molar-refractivity contribution in [3.05, 3.63) is 11.8 Å². The van der Waals surface area contributed by atoms with Crippen molar-refractivity contribution in [3.63, 3.8) is 0 Å². The lowest BCUT2D eigenvalue weighted by Gasteiger charge is -2.32. The van der Waals surface area contributed by atoms with Crippen LogP contribution in [-0.4, -0.2) is 53.9 Å². The van der Waals surface area contributed by atoms with Gasteiger partial charge >= 0.3 is 5.97 Å². The molecule has 1 fully saturated rings. The van der Waals surface area contributed by atoms with E-state index in [1.807, 2.05) is 0 Å². The Labute approximate surface area is 149 Å². The van der Waals surface area contributed by atoms with Gasteiger partial charge < -0.3 is 20.1 Å². The Morgan fingerprint density at radius 3 is 2.56 bits per heavy atom. The summed E-state index contributed by atoms with van der Waals surface area (Å²) < 4.78 is 5.42. The summed E-state index contributed by atoms with van der Waals surface area (Å²) in [5, 5.41) is 12.9. The molecular formula is C18H30N4O3. The smallest absolute Gasteiger partial charge is 0.313 e. The van der Waals surface area contributed by atoms with Crippen LogP contribution in [0.4, 0.5) is 11.8 Å². The van der Waals surface area contributed by atoms with E-state index in [1.54, 1.807) is 20.0 Å². The first-order valence-corrected chi connectivity index (χ1v) is 9.07. The summed E-state index contributed by atoms with van der Waals surface area (Å²) in [4.78, 5) is 22.9. The van der Waals surface area contributed by atoms with E-state index in [1.165, 1.54) is 0 Å². The number of hydrogen-bond acceptors (Lipinski definition) is 6. The van der Waals surface area contributed by atoms with Crippen molar-refractivity contribution in [2.75, 3.05) is 43.1 Å². The number of hydrogen-bond donors (Lipinski definition) is 2. The van der Waals surface area contributed by atoms with E-state index in [-0.39, 0.29) is 0 Å². The molecule has 2 rings (SSSR count). The van der Waals surface area contributed by atoms with Crippen LogP contribution in [0.1, 0.15) is 46.1 Å². The number of ether oxygens (including phenoxy) is 1. The molecule has 0 bridgehead atoms. The molecule has 2 N–H and O–H groups in total. The van der Waals surface area contributed by atoms with Crippen LogP contribution in [0.2, 0.25) is 0 Å². The zero-order chi connectivity index (χ0) is 18.4. The van der Waals surface area contributed by atoms with Gasteiger partial charge in [-0.2, -0.15) is 4.98 Å². The highest BCUT2D eigenvalue weighted by atomic mass is 16.5. The molecule has 0 aromatic carbocycles. The zero-order valence-electron chi connectivity index (χ0n) is 15.7. The molecule has 25 heavy (non-hydrogen) atoms. The second kappa shape index (κ2) is 8.47. The summed E-state index contributed by atoms with van der Waals surface area (Å²) in [6.07, 6.45) is 3.86. The highest BCUT2D eigenvalue weighted by Gasteiger charge is 2.35. The van der Waals surface area contributed by atoms with Crippen LogP contribution >= 0.6 is 0 Å². The third-order valence-corrected chi connectivity index (χ3v) is 4.99. The molecule has 1 aliphatic rings. The fourth-order valence-corrected chi connectivity index (χ4v) is 2.84. The number of carboxylic acid groups (broad SMARTS) is 1. The Balaban J connectivity index is 2.32. The van der Waals surface area contributed by atoms with Gasteiger partial charge in [-0.25, -0.2) is 4.98 Å². The molecule has 1 aliphatic heterocycles. The van der Waals surface area contributed by atoms with Gasteiger partial charge in [-0.15, -0.1) is 0 Å². The van der Waals surface area contributed by atoms with Crippen molar-refractivity contribution in [3.8, 4) is 0 Å². The Morgan fingerprint density at radius 2 is 2.00 bits per heavy atom. The third-order valence-electron chi connectivity index (χ3n) is 4.99. The molecule has 7 nitrogen and oxygen atoms in total. The van der Waals surface area contributed by atoms with Crippen molar-refractivity contribution < 1.29 is 14.6 Å². The van der Waals surface area contributed by atoms with E-state index in [0.717, 1.165) is 19.4 Å². The summed E-state index contributed by atoms with van der Waals surface area (Å²) in [6, 6.07) is 0. The fourth-order valence-electron chi connectivity index (χ4n) is 2.84. The van der Waals surface area contributed by atoms with Gasteiger partial charge in [0.15, 0.2) is 0 Å². The first-order chi connectivity index (χ1) is 11.9. The quantitative estimate of drug-likeness (QED) is 0.745. The van der Waals surface area contributed by atoms with Crippen LogP contribution in [0, 0.1) is 5.92 Å². The van der Waals surface area contributed by atoms with Crippen LogP contribution < -0.4 is 10.2 Å². The Bertz CT molecular complexity index is 582. The standard InChI is InChI=1S/C18H30N4O3/c1-5-13(6-2)11-19-17-20-12-14(18(3,4)16(23)24)15(21-17)22-7-9-25-10-8-22/h12-13H,5-11H2,1-4H3,(H,23,24)(H,19,20,21). The average Bonchev–Trinajstić information content (AvgIpc) is 2.63. The average molecular weight is 350 g/mol. The summed E-state index contributed by atoms with van der Waals surface area (Å²) in [5.41, 5.74) is -0.420. The number of carbonyl (C=O) groups is 1. The molecule has 1 saturated heterocycles. The molecule has 1 aromatic rings. The number of nitrogens with zero attached hydrogens (tertiary/aromatic N) is 3. The normalized spacial score (nSPS) is 15.5.